The van der Waals surface area contributed by atoms with Crippen molar-refractivity contribution < 1.29 is 4.79 Å². The van der Waals surface area contributed by atoms with E-state index >= 15 is 0 Å². The molecule has 0 aliphatic rings. The number of carbonyl (C=O) groups is 1. The number of hydrogen-bond donors (Lipinski definition) is 1. The van der Waals surface area contributed by atoms with Gasteiger partial charge < -0.3 is 10.3 Å². The summed E-state index contributed by atoms with van der Waals surface area (Å²) < 4.78 is 2.09. The highest BCUT2D eigenvalue weighted by Crippen LogP contribution is 2.24. The van der Waals surface area contributed by atoms with Crippen molar-refractivity contribution in [3.63, 3.8) is 0 Å². The minimum atomic E-state index is 0.000981. The van der Waals surface area contributed by atoms with Crippen LogP contribution in [0.3, 0.4) is 0 Å². The third-order valence-corrected chi connectivity index (χ3v) is 5.44. The Bertz CT molecular complexity index is 1060. The Kier molecular flexibility index (Phi) is 5.81. The number of aromatic nitrogens is 3. The fourth-order valence-corrected chi connectivity index (χ4v) is 3.77. The summed E-state index contributed by atoms with van der Waals surface area (Å²) in [6.45, 7) is 6.07. The number of nitrogen functional groups attached to an aromatic ring is 1. The van der Waals surface area contributed by atoms with Gasteiger partial charge in [0.2, 0.25) is 0 Å². The van der Waals surface area contributed by atoms with Crippen LogP contribution in [0.25, 0.3) is 5.69 Å². The summed E-state index contributed by atoms with van der Waals surface area (Å²) in [6, 6.07) is 12.2. The van der Waals surface area contributed by atoms with E-state index in [1.807, 2.05) is 26.0 Å². The third-order valence-electron chi connectivity index (χ3n) is 4.58. The molecular formula is C21H21N5OS. The van der Waals surface area contributed by atoms with Gasteiger partial charge in [0.05, 0.1) is 11.9 Å². The lowest BCUT2D eigenvalue weighted by atomic mass is 10.1. The van der Waals surface area contributed by atoms with E-state index in [0.29, 0.717) is 10.7 Å². The molecule has 0 amide bonds. The molecule has 0 radical (unpaired) electrons. The molecule has 0 saturated carbocycles. The van der Waals surface area contributed by atoms with E-state index in [4.69, 9.17) is 11.0 Å². The van der Waals surface area contributed by atoms with Crippen LogP contribution in [0.1, 0.15) is 39.8 Å². The molecule has 0 atom stereocenters. The van der Waals surface area contributed by atoms with Crippen molar-refractivity contribution in [3.8, 4) is 11.8 Å². The molecule has 3 aromatic rings. The molecule has 0 spiro atoms. The van der Waals surface area contributed by atoms with Crippen molar-refractivity contribution in [1.29, 1.82) is 5.26 Å². The Morgan fingerprint density at radius 3 is 2.61 bits per heavy atom. The molecule has 0 saturated heterocycles. The topological polar surface area (TPSA) is 97.6 Å². The van der Waals surface area contributed by atoms with Crippen molar-refractivity contribution >= 4 is 23.4 Å². The molecule has 2 N–H and O–H groups in total. The Morgan fingerprint density at radius 2 is 2.00 bits per heavy atom. The van der Waals surface area contributed by atoms with Crippen LogP contribution < -0.4 is 5.73 Å². The lowest BCUT2D eigenvalue weighted by Crippen LogP contribution is -2.06. The second-order valence-electron chi connectivity index (χ2n) is 6.42. The minimum Gasteiger partial charge on any atom is -0.382 e. The minimum absolute atomic E-state index is 0.000981. The number of carbonyl (C=O) groups excluding carboxylic acids is 1. The molecule has 7 heteroatoms. The van der Waals surface area contributed by atoms with E-state index < -0.39 is 0 Å². The van der Waals surface area contributed by atoms with Gasteiger partial charge in [0.15, 0.2) is 10.9 Å². The smallest absolute Gasteiger partial charge is 0.189 e. The predicted molar refractivity (Wildman–Crippen MR) is 111 cm³/mol. The number of nitrogens with two attached hydrogens (primary N) is 1. The summed E-state index contributed by atoms with van der Waals surface area (Å²) in [4.78, 5) is 20.9. The first-order chi connectivity index (χ1) is 13.4. The molecule has 0 aliphatic carbocycles. The van der Waals surface area contributed by atoms with Crippen LogP contribution in [0, 0.1) is 25.2 Å². The summed E-state index contributed by atoms with van der Waals surface area (Å²) in [5, 5.41) is 9.27. The van der Waals surface area contributed by atoms with Gasteiger partial charge in [0, 0.05) is 22.6 Å². The van der Waals surface area contributed by atoms with Crippen LogP contribution in [0.4, 0.5) is 5.82 Å². The van der Waals surface area contributed by atoms with Gasteiger partial charge in [-0.1, -0.05) is 30.8 Å². The SMILES string of the molecule is CCc1ccc(-n2c(C)cc(C(=O)CSc3ncc(C#N)c(N)n3)c2C)cc1. The monoisotopic (exact) mass is 391 g/mol. The first-order valence-corrected chi connectivity index (χ1v) is 9.90. The summed E-state index contributed by atoms with van der Waals surface area (Å²) in [5.41, 5.74) is 10.9. The maximum atomic E-state index is 12.8. The molecule has 0 aliphatic heterocycles. The molecule has 142 valence electrons. The molecule has 0 unspecified atom stereocenters. The standard InChI is InChI=1S/C21H21N5OS/c1-4-15-5-7-17(8-6-15)26-13(2)9-18(14(26)3)19(27)12-28-21-24-11-16(10-22)20(23)25-21/h5-9,11H,4,12H2,1-3H3,(H2,23,24,25). The first-order valence-electron chi connectivity index (χ1n) is 8.91. The van der Waals surface area contributed by atoms with Gasteiger partial charge in [-0.2, -0.15) is 5.26 Å². The zero-order valence-electron chi connectivity index (χ0n) is 16.1. The van der Waals surface area contributed by atoms with E-state index in [2.05, 4.69) is 45.7 Å². The zero-order valence-corrected chi connectivity index (χ0v) is 16.9. The second kappa shape index (κ2) is 8.28. The highest BCUT2D eigenvalue weighted by molar-refractivity contribution is 7.99. The van der Waals surface area contributed by atoms with Crippen LogP contribution in [0.2, 0.25) is 0 Å². The lowest BCUT2D eigenvalue weighted by Gasteiger charge is -2.10. The molecule has 1 aromatic carbocycles. The number of Topliss-reactive ketones (excluding diaryl/α,β-unsaturated/α-hetero) is 1. The Balaban J connectivity index is 1.79. The molecule has 0 bridgehead atoms. The molecular weight excluding hydrogens is 370 g/mol. The van der Waals surface area contributed by atoms with Gasteiger partial charge in [0.25, 0.3) is 0 Å². The Hall–Kier alpha value is -3.11. The van der Waals surface area contributed by atoms with Gasteiger partial charge in [-0.05, 0) is 44.0 Å². The van der Waals surface area contributed by atoms with Crippen molar-refractivity contribution in [1.82, 2.24) is 14.5 Å². The number of rotatable bonds is 6. The van der Waals surface area contributed by atoms with Crippen LogP contribution >= 0.6 is 11.8 Å². The van der Waals surface area contributed by atoms with Crippen molar-refractivity contribution in [2.75, 3.05) is 11.5 Å². The predicted octanol–water partition coefficient (Wildman–Crippen LogP) is 3.88. The molecule has 3 rings (SSSR count). The number of nitrogens with zero attached hydrogens (tertiary/aromatic N) is 4. The van der Waals surface area contributed by atoms with Crippen molar-refractivity contribution in [3.05, 3.63) is 64.6 Å². The molecule has 6 nitrogen and oxygen atoms in total. The van der Waals surface area contributed by atoms with Crippen LogP contribution in [0.15, 0.2) is 41.7 Å². The highest BCUT2D eigenvalue weighted by Gasteiger charge is 2.17. The summed E-state index contributed by atoms with van der Waals surface area (Å²) in [5.74, 6) is 0.326. The number of hydrogen-bond acceptors (Lipinski definition) is 6. The van der Waals surface area contributed by atoms with Crippen LogP contribution in [-0.4, -0.2) is 26.1 Å². The molecule has 2 heterocycles. The zero-order chi connectivity index (χ0) is 20.3. The fourth-order valence-electron chi connectivity index (χ4n) is 3.06. The number of nitriles is 1. The summed E-state index contributed by atoms with van der Waals surface area (Å²) in [6.07, 6.45) is 2.37. The van der Waals surface area contributed by atoms with E-state index in [9.17, 15) is 4.79 Å². The number of ketones is 1. The molecule has 0 fully saturated rings. The molecule has 2 aromatic heterocycles. The van der Waals surface area contributed by atoms with E-state index in [1.54, 1.807) is 0 Å². The number of aryl methyl sites for hydroxylation is 2. The van der Waals surface area contributed by atoms with Crippen LogP contribution in [-0.2, 0) is 6.42 Å². The lowest BCUT2D eigenvalue weighted by molar-refractivity contribution is 0.102. The van der Waals surface area contributed by atoms with Gasteiger partial charge in [-0.15, -0.1) is 0 Å². The number of anilines is 1. The largest absolute Gasteiger partial charge is 0.382 e. The van der Waals surface area contributed by atoms with E-state index in [0.717, 1.165) is 23.5 Å². The highest BCUT2D eigenvalue weighted by atomic mass is 32.2. The Morgan fingerprint density at radius 1 is 1.29 bits per heavy atom. The first kappa shape index (κ1) is 19.6. The van der Waals surface area contributed by atoms with Crippen molar-refractivity contribution in [2.45, 2.75) is 32.3 Å². The second-order valence-corrected chi connectivity index (χ2v) is 7.36. The average molecular weight is 392 g/mol. The number of benzene rings is 1. The fraction of sp³-hybridized carbons (Fsp3) is 0.238. The van der Waals surface area contributed by atoms with Crippen molar-refractivity contribution in [2.24, 2.45) is 0 Å². The quantitative estimate of drug-likeness (QED) is 0.389. The Labute approximate surface area is 168 Å². The average Bonchev–Trinajstić information content (AvgIpc) is 3.00. The van der Waals surface area contributed by atoms with Gasteiger partial charge in [-0.3, -0.25) is 4.79 Å². The maximum Gasteiger partial charge on any atom is 0.189 e. The van der Waals surface area contributed by atoms with E-state index in [1.165, 1.54) is 23.5 Å². The van der Waals surface area contributed by atoms with Gasteiger partial charge in [-0.25, -0.2) is 9.97 Å². The third kappa shape index (κ3) is 3.92. The molecule has 28 heavy (non-hydrogen) atoms. The summed E-state index contributed by atoms with van der Waals surface area (Å²) >= 11 is 1.21. The van der Waals surface area contributed by atoms with Gasteiger partial charge >= 0.3 is 0 Å². The van der Waals surface area contributed by atoms with Crippen LogP contribution in [0.5, 0.6) is 0 Å². The van der Waals surface area contributed by atoms with E-state index in [-0.39, 0.29) is 22.9 Å². The maximum absolute atomic E-state index is 12.8. The summed E-state index contributed by atoms with van der Waals surface area (Å²) in [7, 11) is 0. The number of thioether (sulfide) groups is 1. The normalized spacial score (nSPS) is 10.6. The van der Waals surface area contributed by atoms with Gasteiger partial charge in [0.1, 0.15) is 17.5 Å².